The van der Waals surface area contributed by atoms with Gasteiger partial charge in [0.15, 0.2) is 0 Å². The third kappa shape index (κ3) is 5.03. The second kappa shape index (κ2) is 9.71. The van der Waals surface area contributed by atoms with Crippen molar-refractivity contribution in [2.45, 2.75) is 25.4 Å². The Labute approximate surface area is 190 Å². The highest BCUT2D eigenvalue weighted by Gasteiger charge is 2.32. The van der Waals surface area contributed by atoms with Crippen LogP contribution in [0.15, 0.2) is 71.8 Å². The van der Waals surface area contributed by atoms with Crippen LogP contribution in [-0.2, 0) is 6.54 Å². The molecule has 1 aliphatic heterocycles. The maximum absolute atomic E-state index is 12.8. The molecule has 2 aromatic rings. The van der Waals surface area contributed by atoms with E-state index in [1.807, 2.05) is 37.2 Å². The van der Waals surface area contributed by atoms with Crippen LogP contribution in [0, 0.1) is 0 Å². The Morgan fingerprint density at radius 3 is 2.39 bits per heavy atom. The highest BCUT2D eigenvalue weighted by atomic mass is 35.5. The minimum absolute atomic E-state index is 0.0560. The molecule has 1 unspecified atom stereocenters. The van der Waals surface area contributed by atoms with Gasteiger partial charge in [-0.2, -0.15) is 0 Å². The number of hydrogen-bond acceptors (Lipinski definition) is 2. The zero-order chi connectivity index (χ0) is 21.8. The molecule has 4 nitrogen and oxygen atoms in total. The molecule has 1 heterocycles. The second-order valence-electron chi connectivity index (χ2n) is 8.48. The van der Waals surface area contributed by atoms with E-state index >= 15 is 0 Å². The number of amides is 2. The molecule has 1 atom stereocenters. The first-order valence-electron chi connectivity index (χ1n) is 10.9. The summed E-state index contributed by atoms with van der Waals surface area (Å²) in [6.45, 7) is 3.29. The third-order valence-electron chi connectivity index (χ3n) is 6.04. The summed E-state index contributed by atoms with van der Waals surface area (Å²) in [5, 5.41) is 0.853. The molecular weight excluding hydrogens is 406 g/mol. The van der Waals surface area contributed by atoms with E-state index < -0.39 is 0 Å². The lowest BCUT2D eigenvalue weighted by Crippen LogP contribution is -2.52. The van der Waals surface area contributed by atoms with Crippen LogP contribution in [0.4, 0.5) is 4.79 Å². The summed E-state index contributed by atoms with van der Waals surface area (Å²) in [7, 11) is 3.64. The number of carbonyl (C=O) groups excluding carboxylic acids is 1. The summed E-state index contributed by atoms with van der Waals surface area (Å²) in [4.78, 5) is 18.9. The van der Waals surface area contributed by atoms with Gasteiger partial charge in [0, 0.05) is 45.3 Å². The Morgan fingerprint density at radius 1 is 1.00 bits per heavy atom. The fourth-order valence-electron chi connectivity index (χ4n) is 4.38. The average Bonchev–Trinajstić information content (AvgIpc) is 2.80. The van der Waals surface area contributed by atoms with E-state index in [0.717, 1.165) is 49.6 Å². The minimum Gasteiger partial charge on any atom is -0.331 e. The van der Waals surface area contributed by atoms with E-state index in [2.05, 4.69) is 53.5 Å². The first kappa shape index (κ1) is 21.7. The third-order valence-corrected chi connectivity index (χ3v) is 6.40. The van der Waals surface area contributed by atoms with E-state index in [1.54, 1.807) is 4.90 Å². The van der Waals surface area contributed by atoms with Gasteiger partial charge >= 0.3 is 6.03 Å². The van der Waals surface area contributed by atoms with Crippen LogP contribution in [0.2, 0.25) is 0 Å². The van der Waals surface area contributed by atoms with Crippen molar-refractivity contribution in [2.24, 2.45) is 0 Å². The summed E-state index contributed by atoms with van der Waals surface area (Å²) in [5.41, 5.74) is 4.77. The van der Waals surface area contributed by atoms with Crippen LogP contribution < -0.4 is 0 Å². The van der Waals surface area contributed by atoms with Gasteiger partial charge < -0.3 is 9.80 Å². The molecule has 0 spiro atoms. The molecule has 2 amide bonds. The molecule has 0 N–H and O–H groups in total. The van der Waals surface area contributed by atoms with E-state index in [4.69, 9.17) is 11.6 Å². The highest BCUT2D eigenvalue weighted by Crippen LogP contribution is 2.31. The lowest BCUT2D eigenvalue weighted by molar-refractivity contribution is 0.0776. The predicted molar refractivity (Wildman–Crippen MR) is 128 cm³/mol. The molecule has 1 fully saturated rings. The molecule has 31 heavy (non-hydrogen) atoms. The number of carbonyl (C=O) groups is 1. The summed E-state index contributed by atoms with van der Waals surface area (Å²) < 4.78 is 0. The van der Waals surface area contributed by atoms with E-state index in [1.165, 1.54) is 16.7 Å². The van der Waals surface area contributed by atoms with Crippen molar-refractivity contribution >= 4 is 23.2 Å². The fourth-order valence-corrected chi connectivity index (χ4v) is 4.67. The molecule has 2 aliphatic rings. The van der Waals surface area contributed by atoms with Crippen LogP contribution >= 0.6 is 11.6 Å². The maximum Gasteiger partial charge on any atom is 0.320 e. The number of rotatable bonds is 4. The highest BCUT2D eigenvalue weighted by molar-refractivity contribution is 6.37. The minimum atomic E-state index is 0.0560. The summed E-state index contributed by atoms with van der Waals surface area (Å²) >= 11 is 6.40. The zero-order valence-electron chi connectivity index (χ0n) is 18.3. The molecule has 0 aromatic heterocycles. The smallest absolute Gasteiger partial charge is 0.320 e. The molecule has 0 bridgehead atoms. The molecule has 0 radical (unpaired) electrons. The molecule has 162 valence electrons. The van der Waals surface area contributed by atoms with Crippen LogP contribution in [0.5, 0.6) is 0 Å². The van der Waals surface area contributed by atoms with E-state index in [0.29, 0.717) is 0 Å². The van der Waals surface area contributed by atoms with Gasteiger partial charge in [0.1, 0.15) is 0 Å². The lowest BCUT2D eigenvalue weighted by atomic mass is 9.98. The Morgan fingerprint density at radius 2 is 1.71 bits per heavy atom. The van der Waals surface area contributed by atoms with E-state index in [-0.39, 0.29) is 12.1 Å². The topological polar surface area (TPSA) is 26.8 Å². The standard InChI is InChI=1S/C26H30ClN3O/c1-28(2)26(31)30-17-16-29(19-25(30)22-8-4-3-5-9-22)18-20-12-14-21(15-13-20)23-10-6-7-11-24(23)27/h3-5,8-15,25H,6-7,16-19H2,1-2H3. The van der Waals surface area contributed by atoms with Crippen LogP contribution in [0.25, 0.3) is 5.57 Å². The summed E-state index contributed by atoms with van der Waals surface area (Å²) in [5.74, 6) is 0. The Balaban J connectivity index is 1.47. The first-order valence-corrected chi connectivity index (χ1v) is 11.3. The Bertz CT molecular complexity index is 966. The number of halogens is 1. The van der Waals surface area contributed by atoms with Crippen LogP contribution in [0.3, 0.4) is 0 Å². The van der Waals surface area contributed by atoms with Gasteiger partial charge in [-0.05, 0) is 35.1 Å². The average molecular weight is 436 g/mol. The van der Waals surface area contributed by atoms with Gasteiger partial charge in [0.25, 0.3) is 0 Å². The second-order valence-corrected chi connectivity index (χ2v) is 8.88. The number of urea groups is 1. The van der Waals surface area contributed by atoms with Crippen LogP contribution in [-0.4, -0.2) is 54.5 Å². The molecule has 2 aromatic carbocycles. The maximum atomic E-state index is 12.8. The monoisotopic (exact) mass is 435 g/mol. The van der Waals surface area contributed by atoms with Gasteiger partial charge in [-0.15, -0.1) is 0 Å². The van der Waals surface area contributed by atoms with Crippen molar-refractivity contribution in [1.29, 1.82) is 0 Å². The van der Waals surface area contributed by atoms with Crippen molar-refractivity contribution in [3.05, 3.63) is 88.5 Å². The van der Waals surface area contributed by atoms with Gasteiger partial charge in [-0.3, -0.25) is 4.90 Å². The number of hydrogen-bond donors (Lipinski definition) is 0. The molecule has 5 heteroatoms. The normalized spacial score (nSPS) is 19.6. The van der Waals surface area contributed by atoms with Gasteiger partial charge in [0.2, 0.25) is 0 Å². The van der Waals surface area contributed by atoms with Crippen molar-refractivity contribution in [2.75, 3.05) is 33.7 Å². The number of benzene rings is 2. The largest absolute Gasteiger partial charge is 0.331 e. The van der Waals surface area contributed by atoms with Crippen molar-refractivity contribution in [3.63, 3.8) is 0 Å². The fraction of sp³-hybridized carbons (Fsp3) is 0.346. The zero-order valence-corrected chi connectivity index (χ0v) is 19.1. The quantitative estimate of drug-likeness (QED) is 0.631. The van der Waals surface area contributed by atoms with Gasteiger partial charge in [-0.1, -0.05) is 78.4 Å². The molecule has 4 rings (SSSR count). The SMILES string of the molecule is CN(C)C(=O)N1CCN(Cc2ccc(C3=CCCC=C3Cl)cc2)CC1c1ccccc1. The molecule has 1 saturated heterocycles. The Kier molecular flexibility index (Phi) is 6.79. The summed E-state index contributed by atoms with van der Waals surface area (Å²) in [6.07, 6.45) is 6.39. The molecule has 0 saturated carbocycles. The van der Waals surface area contributed by atoms with Gasteiger partial charge in [0.05, 0.1) is 6.04 Å². The van der Waals surface area contributed by atoms with Crippen molar-refractivity contribution < 1.29 is 4.79 Å². The van der Waals surface area contributed by atoms with Crippen molar-refractivity contribution in [3.8, 4) is 0 Å². The van der Waals surface area contributed by atoms with Crippen molar-refractivity contribution in [1.82, 2.24) is 14.7 Å². The summed E-state index contributed by atoms with van der Waals surface area (Å²) in [6, 6.07) is 19.2. The number of nitrogens with zero attached hydrogens (tertiary/aromatic N) is 3. The lowest BCUT2D eigenvalue weighted by Gasteiger charge is -2.42. The number of allylic oxidation sites excluding steroid dienone is 4. The Hall–Kier alpha value is -2.56. The number of piperazine rings is 1. The molecular formula is C26H30ClN3O. The first-order chi connectivity index (χ1) is 15.0. The molecule has 1 aliphatic carbocycles. The van der Waals surface area contributed by atoms with Gasteiger partial charge in [-0.25, -0.2) is 4.79 Å². The predicted octanol–water partition coefficient (Wildman–Crippen LogP) is 5.53. The van der Waals surface area contributed by atoms with E-state index in [9.17, 15) is 4.79 Å². The van der Waals surface area contributed by atoms with Crippen LogP contribution in [0.1, 0.15) is 35.6 Å².